The minimum atomic E-state index is -0.293. The van der Waals surface area contributed by atoms with Gasteiger partial charge in [-0.1, -0.05) is 66.7 Å². The van der Waals surface area contributed by atoms with Gasteiger partial charge >= 0.3 is 0 Å². The monoisotopic (exact) mass is 496 g/mol. The molecule has 0 aliphatic heterocycles. The minimum absolute atomic E-state index is 0.213. The van der Waals surface area contributed by atoms with E-state index in [0.29, 0.717) is 24.5 Å². The third-order valence-corrected chi connectivity index (χ3v) is 5.64. The van der Waals surface area contributed by atoms with Crippen LogP contribution in [0.25, 0.3) is 0 Å². The van der Waals surface area contributed by atoms with E-state index in [9.17, 15) is 4.79 Å². The van der Waals surface area contributed by atoms with Crippen molar-refractivity contribution in [2.75, 3.05) is 18.5 Å². The number of hydrogen-bond acceptors (Lipinski definition) is 4. The van der Waals surface area contributed by atoms with Gasteiger partial charge in [0.25, 0.3) is 5.91 Å². The molecule has 0 fully saturated rings. The fourth-order valence-corrected chi connectivity index (χ4v) is 3.78. The van der Waals surface area contributed by atoms with Crippen LogP contribution >= 0.6 is 12.2 Å². The van der Waals surface area contributed by atoms with E-state index in [1.165, 1.54) is 11.1 Å². The molecular formula is C30H28N2O3S. The van der Waals surface area contributed by atoms with E-state index in [1.54, 1.807) is 24.3 Å². The zero-order valence-corrected chi connectivity index (χ0v) is 20.7. The molecule has 1 amide bonds. The second-order valence-corrected chi connectivity index (χ2v) is 8.54. The predicted octanol–water partition coefficient (Wildman–Crippen LogP) is 6.06. The summed E-state index contributed by atoms with van der Waals surface area (Å²) in [4.78, 5) is 12.6. The van der Waals surface area contributed by atoms with Crippen molar-refractivity contribution in [2.45, 2.75) is 12.8 Å². The molecule has 5 nitrogen and oxygen atoms in total. The van der Waals surface area contributed by atoms with Crippen molar-refractivity contribution >= 4 is 28.9 Å². The molecule has 0 heterocycles. The number of amides is 1. The topological polar surface area (TPSA) is 59.6 Å². The Labute approximate surface area is 217 Å². The van der Waals surface area contributed by atoms with Crippen molar-refractivity contribution in [3.63, 3.8) is 0 Å². The average Bonchev–Trinajstić information content (AvgIpc) is 2.90. The molecule has 2 N–H and O–H groups in total. The molecule has 0 bridgehead atoms. The Morgan fingerprint density at radius 2 is 1.25 bits per heavy atom. The summed E-state index contributed by atoms with van der Waals surface area (Å²) >= 11 is 5.33. The number of nitrogens with one attached hydrogen (secondary N) is 2. The van der Waals surface area contributed by atoms with E-state index in [2.05, 4.69) is 34.9 Å². The van der Waals surface area contributed by atoms with Crippen molar-refractivity contribution < 1.29 is 14.3 Å². The van der Waals surface area contributed by atoms with Crippen LogP contribution in [0.5, 0.6) is 11.5 Å². The number of benzene rings is 4. The van der Waals surface area contributed by atoms with Crippen LogP contribution in [0.1, 0.15) is 21.5 Å². The fourth-order valence-electron chi connectivity index (χ4n) is 3.57. The van der Waals surface area contributed by atoms with Crippen molar-refractivity contribution in [3.8, 4) is 11.5 Å². The largest absolute Gasteiger partial charge is 0.493 e. The average molecular weight is 497 g/mol. The quantitative estimate of drug-likeness (QED) is 0.262. The third-order valence-electron chi connectivity index (χ3n) is 5.44. The molecule has 6 heteroatoms. The van der Waals surface area contributed by atoms with Gasteiger partial charge in [0.1, 0.15) is 11.5 Å². The maximum Gasteiger partial charge on any atom is 0.257 e. The lowest BCUT2D eigenvalue weighted by Crippen LogP contribution is -2.34. The molecule has 0 atom stereocenters. The number of hydrogen-bond donors (Lipinski definition) is 2. The molecule has 0 aliphatic rings. The lowest BCUT2D eigenvalue weighted by molar-refractivity contribution is 0.0977. The van der Waals surface area contributed by atoms with Gasteiger partial charge in [0.2, 0.25) is 0 Å². The molecule has 0 aromatic heterocycles. The number of ether oxygens (including phenoxy) is 2. The highest BCUT2D eigenvalue weighted by Crippen LogP contribution is 2.18. The molecule has 182 valence electrons. The smallest absolute Gasteiger partial charge is 0.257 e. The first-order valence-electron chi connectivity index (χ1n) is 11.8. The third kappa shape index (κ3) is 7.96. The Bertz CT molecular complexity index is 1260. The van der Waals surface area contributed by atoms with Gasteiger partial charge in [-0.25, -0.2) is 0 Å². The predicted molar refractivity (Wildman–Crippen MR) is 148 cm³/mol. The summed E-state index contributed by atoms with van der Waals surface area (Å²) in [7, 11) is 0. The molecule has 0 saturated carbocycles. The summed E-state index contributed by atoms with van der Waals surface area (Å²) in [6.07, 6.45) is 1.64. The summed E-state index contributed by atoms with van der Waals surface area (Å²) in [5.74, 6) is 1.15. The first-order valence-corrected chi connectivity index (χ1v) is 12.2. The second kappa shape index (κ2) is 13.1. The highest BCUT2D eigenvalue weighted by Gasteiger charge is 2.09. The van der Waals surface area contributed by atoms with E-state index < -0.39 is 0 Å². The molecule has 4 aromatic rings. The summed E-state index contributed by atoms with van der Waals surface area (Å²) in [6, 6.07) is 34.9. The van der Waals surface area contributed by atoms with Crippen molar-refractivity contribution in [2.24, 2.45) is 0 Å². The van der Waals surface area contributed by atoms with Crippen molar-refractivity contribution in [1.29, 1.82) is 0 Å². The summed E-state index contributed by atoms with van der Waals surface area (Å²) in [5, 5.41) is 5.97. The van der Waals surface area contributed by atoms with Gasteiger partial charge in [-0.05, 0) is 59.7 Å². The Balaban J connectivity index is 1.21. The number of thiocarbonyl (C=S) groups is 1. The van der Waals surface area contributed by atoms with Gasteiger partial charge in [-0.15, -0.1) is 0 Å². The molecule has 4 aromatic carbocycles. The molecule has 0 saturated heterocycles. The lowest BCUT2D eigenvalue weighted by Gasteiger charge is -2.12. The van der Waals surface area contributed by atoms with Gasteiger partial charge in [0.15, 0.2) is 5.11 Å². The van der Waals surface area contributed by atoms with Crippen LogP contribution in [0.15, 0.2) is 109 Å². The molecule has 0 radical (unpaired) electrons. The van der Waals surface area contributed by atoms with Crippen LogP contribution in [-0.4, -0.2) is 24.2 Å². The molecule has 0 unspecified atom stereocenters. The van der Waals surface area contributed by atoms with E-state index >= 15 is 0 Å². The Hall–Kier alpha value is -4.16. The van der Waals surface area contributed by atoms with Crippen LogP contribution < -0.4 is 20.1 Å². The zero-order chi connectivity index (χ0) is 25.0. The van der Waals surface area contributed by atoms with E-state index in [1.807, 2.05) is 60.7 Å². The highest BCUT2D eigenvalue weighted by molar-refractivity contribution is 7.80. The molecule has 0 spiro atoms. The SMILES string of the molecule is O=C(NC(=S)Nc1cccc(OCCc2ccccc2)c1)c1ccc(OCCc2ccccc2)cc1. The van der Waals surface area contributed by atoms with Crippen LogP contribution in [-0.2, 0) is 12.8 Å². The van der Waals surface area contributed by atoms with Crippen LogP contribution in [0, 0.1) is 0 Å². The maximum atomic E-state index is 12.6. The summed E-state index contributed by atoms with van der Waals surface area (Å²) < 4.78 is 11.7. The minimum Gasteiger partial charge on any atom is -0.493 e. The molecular weight excluding hydrogens is 468 g/mol. The highest BCUT2D eigenvalue weighted by atomic mass is 32.1. The standard InChI is InChI=1S/C30H28N2O3S/c33-29(25-14-16-27(17-15-25)34-20-18-23-8-3-1-4-9-23)32-30(36)31-26-12-7-13-28(22-26)35-21-19-24-10-5-2-6-11-24/h1-17,22H,18-21H2,(H2,31,32,33,36). The normalized spacial score (nSPS) is 10.3. The number of carbonyl (C=O) groups is 1. The second-order valence-electron chi connectivity index (χ2n) is 8.13. The molecule has 0 aliphatic carbocycles. The molecule has 4 rings (SSSR count). The fraction of sp³-hybridized carbons (Fsp3) is 0.133. The van der Waals surface area contributed by atoms with E-state index in [0.717, 1.165) is 24.3 Å². The maximum absolute atomic E-state index is 12.6. The van der Waals surface area contributed by atoms with Crippen molar-refractivity contribution in [3.05, 3.63) is 126 Å². The number of anilines is 1. The Kier molecular flexibility index (Phi) is 9.06. The van der Waals surface area contributed by atoms with E-state index in [-0.39, 0.29) is 11.0 Å². The van der Waals surface area contributed by atoms with Crippen LogP contribution in [0.2, 0.25) is 0 Å². The summed E-state index contributed by atoms with van der Waals surface area (Å²) in [6.45, 7) is 1.14. The first kappa shape index (κ1) is 24.9. The Morgan fingerprint density at radius 3 is 1.86 bits per heavy atom. The first-order chi connectivity index (χ1) is 17.7. The summed E-state index contributed by atoms with van der Waals surface area (Å²) in [5.41, 5.74) is 3.67. The molecule has 36 heavy (non-hydrogen) atoms. The van der Waals surface area contributed by atoms with Gasteiger partial charge in [-0.2, -0.15) is 0 Å². The van der Waals surface area contributed by atoms with Gasteiger partial charge in [-0.3, -0.25) is 10.1 Å². The van der Waals surface area contributed by atoms with Gasteiger partial charge in [0.05, 0.1) is 13.2 Å². The van der Waals surface area contributed by atoms with Crippen LogP contribution in [0.3, 0.4) is 0 Å². The van der Waals surface area contributed by atoms with Gasteiger partial charge < -0.3 is 14.8 Å². The van der Waals surface area contributed by atoms with Crippen LogP contribution in [0.4, 0.5) is 5.69 Å². The number of carbonyl (C=O) groups excluding carboxylic acids is 1. The van der Waals surface area contributed by atoms with Gasteiger partial charge in [0, 0.05) is 30.2 Å². The van der Waals surface area contributed by atoms with Crippen molar-refractivity contribution in [1.82, 2.24) is 5.32 Å². The van der Waals surface area contributed by atoms with E-state index in [4.69, 9.17) is 21.7 Å². The Morgan fingerprint density at radius 1 is 0.667 bits per heavy atom. The number of rotatable bonds is 10. The zero-order valence-electron chi connectivity index (χ0n) is 19.9. The lowest BCUT2D eigenvalue weighted by atomic mass is 10.2.